The summed E-state index contributed by atoms with van der Waals surface area (Å²) in [7, 11) is 1.68. The molecular weight excluding hydrogens is 312 g/mol. The zero-order valence-corrected chi connectivity index (χ0v) is 15.3. The van der Waals surface area contributed by atoms with Gasteiger partial charge in [-0.2, -0.15) is 0 Å². The molecule has 0 spiro atoms. The second-order valence-electron chi connectivity index (χ2n) is 6.73. The average Bonchev–Trinajstić information content (AvgIpc) is 2.64. The molecule has 4 heteroatoms. The quantitative estimate of drug-likeness (QED) is 0.858. The highest BCUT2D eigenvalue weighted by Crippen LogP contribution is 2.17. The molecule has 4 nitrogen and oxygen atoms in total. The van der Waals surface area contributed by atoms with Crippen LogP contribution in [-0.4, -0.2) is 49.0 Å². The number of hydrogen-bond donors (Lipinski definition) is 0. The summed E-state index contributed by atoms with van der Waals surface area (Å²) >= 11 is 0. The van der Waals surface area contributed by atoms with Crippen LogP contribution in [0.5, 0.6) is 5.75 Å². The molecule has 0 bridgehead atoms. The van der Waals surface area contributed by atoms with E-state index in [0.717, 1.165) is 55.2 Å². The molecule has 0 radical (unpaired) electrons. The minimum Gasteiger partial charge on any atom is -0.497 e. The van der Waals surface area contributed by atoms with Crippen LogP contribution in [0.3, 0.4) is 0 Å². The summed E-state index contributed by atoms with van der Waals surface area (Å²) in [5.74, 6) is 1.04. The van der Waals surface area contributed by atoms with Crippen LogP contribution in [-0.2, 0) is 6.54 Å². The molecule has 3 rings (SSSR count). The van der Waals surface area contributed by atoms with Gasteiger partial charge in [-0.05, 0) is 43.2 Å². The van der Waals surface area contributed by atoms with Crippen molar-refractivity contribution in [2.24, 2.45) is 0 Å². The zero-order valence-electron chi connectivity index (χ0n) is 15.3. The third-order valence-electron chi connectivity index (χ3n) is 4.85. The molecule has 0 saturated carbocycles. The van der Waals surface area contributed by atoms with E-state index in [9.17, 15) is 4.79 Å². The lowest BCUT2D eigenvalue weighted by Gasteiger charge is -2.35. The first-order valence-corrected chi connectivity index (χ1v) is 8.78. The van der Waals surface area contributed by atoms with Crippen molar-refractivity contribution < 1.29 is 9.53 Å². The Hall–Kier alpha value is -2.33. The molecule has 2 aromatic carbocycles. The second kappa shape index (κ2) is 7.70. The standard InChI is InChI=1S/C21H26N2O2/c1-16-4-5-17(2)20(14-16)21(24)23-12-10-22(11-13-23)15-18-6-8-19(25-3)9-7-18/h4-9,14H,10-13,15H2,1-3H3. The van der Waals surface area contributed by atoms with Crippen molar-refractivity contribution >= 4 is 5.91 Å². The first-order valence-electron chi connectivity index (χ1n) is 8.78. The summed E-state index contributed by atoms with van der Waals surface area (Å²) in [4.78, 5) is 17.2. The van der Waals surface area contributed by atoms with Gasteiger partial charge in [0.1, 0.15) is 5.75 Å². The number of hydrogen-bond acceptors (Lipinski definition) is 3. The molecule has 1 amide bonds. The van der Waals surface area contributed by atoms with E-state index in [-0.39, 0.29) is 5.91 Å². The molecule has 132 valence electrons. The van der Waals surface area contributed by atoms with E-state index < -0.39 is 0 Å². The third kappa shape index (κ3) is 4.20. The molecule has 1 heterocycles. The van der Waals surface area contributed by atoms with Crippen molar-refractivity contribution in [1.82, 2.24) is 9.80 Å². The number of carbonyl (C=O) groups excluding carboxylic acids is 1. The van der Waals surface area contributed by atoms with E-state index in [1.165, 1.54) is 5.56 Å². The second-order valence-corrected chi connectivity index (χ2v) is 6.73. The summed E-state index contributed by atoms with van der Waals surface area (Å²) in [5, 5.41) is 0. The van der Waals surface area contributed by atoms with E-state index >= 15 is 0 Å². The predicted molar refractivity (Wildman–Crippen MR) is 100 cm³/mol. The smallest absolute Gasteiger partial charge is 0.254 e. The van der Waals surface area contributed by atoms with Gasteiger partial charge in [0.2, 0.25) is 0 Å². The number of amides is 1. The highest BCUT2D eigenvalue weighted by molar-refractivity contribution is 5.95. The van der Waals surface area contributed by atoms with Crippen molar-refractivity contribution in [3.05, 3.63) is 64.7 Å². The number of carbonyl (C=O) groups is 1. The molecule has 1 saturated heterocycles. The Morgan fingerprint density at radius 3 is 2.32 bits per heavy atom. The maximum atomic E-state index is 12.8. The van der Waals surface area contributed by atoms with Crippen LogP contribution in [0.15, 0.2) is 42.5 Å². The van der Waals surface area contributed by atoms with E-state index in [2.05, 4.69) is 23.1 Å². The maximum absolute atomic E-state index is 12.8. The number of benzene rings is 2. The molecule has 0 N–H and O–H groups in total. The van der Waals surface area contributed by atoms with E-state index in [1.54, 1.807) is 7.11 Å². The maximum Gasteiger partial charge on any atom is 0.254 e. The number of ether oxygens (including phenoxy) is 1. The van der Waals surface area contributed by atoms with Gasteiger partial charge in [-0.3, -0.25) is 9.69 Å². The SMILES string of the molecule is COc1ccc(CN2CCN(C(=O)c3cc(C)ccc3C)CC2)cc1. The minimum atomic E-state index is 0.158. The van der Waals surface area contributed by atoms with Crippen molar-refractivity contribution in [1.29, 1.82) is 0 Å². The summed E-state index contributed by atoms with van der Waals surface area (Å²) in [5.41, 5.74) is 4.29. The van der Waals surface area contributed by atoms with Crippen LogP contribution in [0, 0.1) is 13.8 Å². The van der Waals surface area contributed by atoms with Crippen LogP contribution >= 0.6 is 0 Å². The van der Waals surface area contributed by atoms with Crippen LogP contribution < -0.4 is 4.74 Å². The molecule has 2 aromatic rings. The molecule has 1 fully saturated rings. The Labute approximate surface area is 150 Å². The van der Waals surface area contributed by atoms with Crippen LogP contribution in [0.2, 0.25) is 0 Å². The average molecular weight is 338 g/mol. The van der Waals surface area contributed by atoms with Gasteiger partial charge in [0.25, 0.3) is 5.91 Å². The lowest BCUT2D eigenvalue weighted by Crippen LogP contribution is -2.48. The first kappa shape index (κ1) is 17.5. The summed E-state index contributed by atoms with van der Waals surface area (Å²) in [6, 6.07) is 14.3. The normalized spacial score (nSPS) is 15.2. The molecule has 25 heavy (non-hydrogen) atoms. The molecule has 0 unspecified atom stereocenters. The van der Waals surface area contributed by atoms with Gasteiger partial charge < -0.3 is 9.64 Å². The van der Waals surface area contributed by atoms with E-state index in [4.69, 9.17) is 4.74 Å². The van der Waals surface area contributed by atoms with E-state index in [1.807, 2.05) is 43.0 Å². The van der Waals surface area contributed by atoms with Gasteiger partial charge in [0.15, 0.2) is 0 Å². The number of methoxy groups -OCH3 is 1. The zero-order chi connectivity index (χ0) is 17.8. The third-order valence-corrected chi connectivity index (χ3v) is 4.85. The highest BCUT2D eigenvalue weighted by Gasteiger charge is 2.23. The Morgan fingerprint density at radius 2 is 1.68 bits per heavy atom. The lowest BCUT2D eigenvalue weighted by atomic mass is 10.0. The highest BCUT2D eigenvalue weighted by atomic mass is 16.5. The molecule has 1 aliphatic rings. The lowest BCUT2D eigenvalue weighted by molar-refractivity contribution is 0.0627. The van der Waals surface area contributed by atoms with Gasteiger partial charge in [0, 0.05) is 38.3 Å². The Balaban J connectivity index is 1.57. The van der Waals surface area contributed by atoms with Gasteiger partial charge in [-0.25, -0.2) is 0 Å². The Bertz CT molecular complexity index is 732. The van der Waals surface area contributed by atoms with Crippen molar-refractivity contribution in [2.75, 3.05) is 33.3 Å². The fraction of sp³-hybridized carbons (Fsp3) is 0.381. The summed E-state index contributed by atoms with van der Waals surface area (Å²) in [6.07, 6.45) is 0. The molecule has 0 atom stereocenters. The fourth-order valence-corrected chi connectivity index (χ4v) is 3.23. The minimum absolute atomic E-state index is 0.158. The van der Waals surface area contributed by atoms with Gasteiger partial charge >= 0.3 is 0 Å². The number of rotatable bonds is 4. The van der Waals surface area contributed by atoms with Gasteiger partial charge in [-0.1, -0.05) is 29.8 Å². The summed E-state index contributed by atoms with van der Waals surface area (Å²) in [6.45, 7) is 8.32. The number of aryl methyl sites for hydroxylation is 2. The predicted octanol–water partition coefficient (Wildman–Crippen LogP) is 3.27. The number of nitrogens with zero attached hydrogens (tertiary/aromatic N) is 2. The molecule has 1 aliphatic heterocycles. The molecule has 0 aromatic heterocycles. The van der Waals surface area contributed by atoms with Crippen molar-refractivity contribution in [3.8, 4) is 5.75 Å². The monoisotopic (exact) mass is 338 g/mol. The van der Waals surface area contributed by atoms with Crippen LogP contribution in [0.1, 0.15) is 27.0 Å². The Kier molecular flexibility index (Phi) is 5.39. The summed E-state index contributed by atoms with van der Waals surface area (Å²) < 4.78 is 5.20. The van der Waals surface area contributed by atoms with Gasteiger partial charge in [0.05, 0.1) is 7.11 Å². The molecular formula is C21H26N2O2. The van der Waals surface area contributed by atoms with Crippen molar-refractivity contribution in [3.63, 3.8) is 0 Å². The largest absolute Gasteiger partial charge is 0.497 e. The van der Waals surface area contributed by atoms with Gasteiger partial charge in [-0.15, -0.1) is 0 Å². The number of piperazine rings is 1. The fourth-order valence-electron chi connectivity index (χ4n) is 3.23. The van der Waals surface area contributed by atoms with E-state index in [0.29, 0.717) is 0 Å². The Morgan fingerprint density at radius 1 is 1.00 bits per heavy atom. The first-order chi connectivity index (χ1) is 12.1. The topological polar surface area (TPSA) is 32.8 Å². The molecule has 0 aliphatic carbocycles. The van der Waals surface area contributed by atoms with Crippen LogP contribution in [0.4, 0.5) is 0 Å². The van der Waals surface area contributed by atoms with Crippen molar-refractivity contribution in [2.45, 2.75) is 20.4 Å². The van der Waals surface area contributed by atoms with Crippen LogP contribution in [0.25, 0.3) is 0 Å².